The quantitative estimate of drug-likeness (QED) is 0.397. The molecule has 0 aliphatic carbocycles. The Balaban J connectivity index is 2.32. The highest BCUT2D eigenvalue weighted by molar-refractivity contribution is 6.40. The molecular formula is C3H5NSi. The maximum Gasteiger partial charge on any atom is 0.171 e. The SMILES string of the molecule is C1=C[Si]NC1. The summed E-state index contributed by atoms with van der Waals surface area (Å²) in [7, 11) is 0.878. The average molecular weight is 83.2 g/mol. The lowest BCUT2D eigenvalue weighted by Gasteiger charge is -1.75. The van der Waals surface area contributed by atoms with Crippen LogP contribution in [0, 0.1) is 0 Å². The van der Waals surface area contributed by atoms with E-state index >= 15 is 0 Å². The molecule has 0 bridgehead atoms. The monoisotopic (exact) mass is 83.0 g/mol. The van der Waals surface area contributed by atoms with Crippen LogP contribution in [0.2, 0.25) is 0 Å². The van der Waals surface area contributed by atoms with Gasteiger partial charge in [-0.25, -0.2) is 0 Å². The van der Waals surface area contributed by atoms with Gasteiger partial charge >= 0.3 is 0 Å². The first kappa shape index (κ1) is 3.12. The molecule has 1 heterocycles. The molecule has 0 saturated carbocycles. The molecule has 26 valence electrons. The van der Waals surface area contributed by atoms with Crippen LogP contribution in [0.5, 0.6) is 0 Å². The van der Waals surface area contributed by atoms with E-state index in [1.54, 1.807) is 0 Å². The fourth-order valence-electron chi connectivity index (χ4n) is 0.295. The number of hydrogen-bond donors (Lipinski definition) is 1. The number of nitrogens with one attached hydrogen (secondary N) is 1. The van der Waals surface area contributed by atoms with Crippen LogP contribution >= 0.6 is 0 Å². The fourth-order valence-corrected chi connectivity index (χ4v) is 0.884. The molecule has 0 amide bonds. The highest BCUT2D eigenvalue weighted by Crippen LogP contribution is 1.72. The van der Waals surface area contributed by atoms with Crippen molar-refractivity contribution in [3.8, 4) is 0 Å². The van der Waals surface area contributed by atoms with Crippen molar-refractivity contribution in [3.63, 3.8) is 0 Å². The van der Waals surface area contributed by atoms with E-state index in [-0.39, 0.29) is 0 Å². The van der Waals surface area contributed by atoms with Gasteiger partial charge in [0, 0.05) is 6.54 Å². The van der Waals surface area contributed by atoms with Crippen LogP contribution in [0.25, 0.3) is 0 Å². The fraction of sp³-hybridized carbons (Fsp3) is 0.333. The van der Waals surface area contributed by atoms with Crippen LogP contribution < -0.4 is 4.98 Å². The maximum atomic E-state index is 3.14. The van der Waals surface area contributed by atoms with Gasteiger partial charge in [-0.2, -0.15) is 0 Å². The van der Waals surface area contributed by atoms with Gasteiger partial charge in [-0.3, -0.25) is 0 Å². The second-order valence-electron chi connectivity index (χ2n) is 0.928. The third-order valence-corrected chi connectivity index (χ3v) is 1.33. The van der Waals surface area contributed by atoms with Crippen molar-refractivity contribution in [1.82, 2.24) is 4.98 Å². The normalized spacial score (nSPS) is 20.8. The maximum absolute atomic E-state index is 3.14. The van der Waals surface area contributed by atoms with E-state index in [0.29, 0.717) is 0 Å². The van der Waals surface area contributed by atoms with Crippen molar-refractivity contribution in [2.24, 2.45) is 0 Å². The molecule has 0 aromatic rings. The molecule has 1 rings (SSSR count). The van der Waals surface area contributed by atoms with E-state index in [1.807, 2.05) is 0 Å². The summed E-state index contributed by atoms with van der Waals surface area (Å²) < 4.78 is 0. The van der Waals surface area contributed by atoms with Gasteiger partial charge in [0.1, 0.15) is 0 Å². The van der Waals surface area contributed by atoms with Crippen molar-refractivity contribution < 1.29 is 0 Å². The van der Waals surface area contributed by atoms with Gasteiger partial charge in [-0.15, -0.1) is 0 Å². The standard InChI is InChI=1S/C3H5NSi/c1-2-4-5-3-1/h1,3-4H,2H2. The molecule has 1 N–H and O–H groups in total. The van der Waals surface area contributed by atoms with E-state index in [9.17, 15) is 0 Å². The Morgan fingerprint density at radius 3 is 3.00 bits per heavy atom. The minimum absolute atomic E-state index is 0.878. The number of rotatable bonds is 0. The van der Waals surface area contributed by atoms with Crippen LogP contribution in [0.15, 0.2) is 11.8 Å². The van der Waals surface area contributed by atoms with Crippen molar-refractivity contribution >= 4 is 9.68 Å². The molecule has 0 saturated heterocycles. The van der Waals surface area contributed by atoms with Gasteiger partial charge in [0.2, 0.25) is 0 Å². The highest BCUT2D eigenvalue weighted by atomic mass is 28.2. The zero-order valence-electron chi connectivity index (χ0n) is 2.86. The van der Waals surface area contributed by atoms with E-state index < -0.39 is 0 Å². The third kappa shape index (κ3) is 0.595. The molecule has 0 spiro atoms. The first-order chi connectivity index (χ1) is 2.50. The Morgan fingerprint density at radius 1 is 1.80 bits per heavy atom. The van der Waals surface area contributed by atoms with Crippen LogP contribution in [-0.4, -0.2) is 16.2 Å². The second kappa shape index (κ2) is 1.38. The Bertz CT molecular complexity index is 44.9. The molecule has 2 heteroatoms. The molecule has 1 aliphatic heterocycles. The largest absolute Gasteiger partial charge is 0.332 e. The Kier molecular flexibility index (Phi) is 0.860. The zero-order chi connectivity index (χ0) is 3.54. The molecular weight excluding hydrogens is 78.1 g/mol. The zero-order valence-corrected chi connectivity index (χ0v) is 3.86. The van der Waals surface area contributed by atoms with E-state index in [2.05, 4.69) is 16.8 Å². The van der Waals surface area contributed by atoms with E-state index in [0.717, 1.165) is 16.2 Å². The van der Waals surface area contributed by atoms with Crippen LogP contribution in [0.3, 0.4) is 0 Å². The summed E-state index contributed by atoms with van der Waals surface area (Å²) in [5.41, 5.74) is 2.15. The molecule has 1 aliphatic rings. The van der Waals surface area contributed by atoms with Crippen LogP contribution in [0.4, 0.5) is 0 Å². The van der Waals surface area contributed by atoms with Gasteiger partial charge in [0.25, 0.3) is 0 Å². The molecule has 0 aromatic heterocycles. The first-order valence-corrected chi connectivity index (χ1v) is 2.71. The van der Waals surface area contributed by atoms with Crippen LogP contribution in [-0.2, 0) is 0 Å². The minimum atomic E-state index is 0.878. The van der Waals surface area contributed by atoms with E-state index in [4.69, 9.17) is 0 Å². The molecule has 5 heavy (non-hydrogen) atoms. The summed E-state index contributed by atoms with van der Waals surface area (Å²) in [6.45, 7) is 1.08. The topological polar surface area (TPSA) is 12.0 Å². The van der Waals surface area contributed by atoms with Gasteiger partial charge < -0.3 is 4.98 Å². The van der Waals surface area contributed by atoms with Gasteiger partial charge in [0.05, 0.1) is 0 Å². The van der Waals surface area contributed by atoms with Gasteiger partial charge in [-0.05, 0) is 0 Å². The van der Waals surface area contributed by atoms with Gasteiger partial charge in [0.15, 0.2) is 9.68 Å². The summed E-state index contributed by atoms with van der Waals surface area (Å²) in [5, 5.41) is 0. The average Bonchev–Trinajstić information content (AvgIpc) is 1.76. The Morgan fingerprint density at radius 2 is 2.80 bits per heavy atom. The predicted octanol–water partition coefficient (Wildman–Crippen LogP) is -0.278. The van der Waals surface area contributed by atoms with Crippen LogP contribution in [0.1, 0.15) is 0 Å². The number of hydrogen-bond acceptors (Lipinski definition) is 1. The van der Waals surface area contributed by atoms with Crippen molar-refractivity contribution in [2.75, 3.05) is 6.54 Å². The lowest BCUT2D eigenvalue weighted by Crippen LogP contribution is -2.09. The highest BCUT2D eigenvalue weighted by Gasteiger charge is 1.84. The molecule has 0 unspecified atom stereocenters. The Labute approximate surface area is 34.0 Å². The summed E-state index contributed by atoms with van der Waals surface area (Å²) in [5.74, 6) is 0. The lowest BCUT2D eigenvalue weighted by atomic mass is 10.7. The molecule has 1 nitrogen and oxygen atoms in total. The molecule has 0 aromatic carbocycles. The second-order valence-corrected chi connectivity index (χ2v) is 1.90. The van der Waals surface area contributed by atoms with Crippen molar-refractivity contribution in [1.29, 1.82) is 0 Å². The third-order valence-electron chi connectivity index (χ3n) is 0.523. The summed E-state index contributed by atoms with van der Waals surface area (Å²) >= 11 is 0. The lowest BCUT2D eigenvalue weighted by molar-refractivity contribution is 1.13. The Hall–Kier alpha value is -0.0831. The summed E-state index contributed by atoms with van der Waals surface area (Å²) in [6, 6.07) is 0. The van der Waals surface area contributed by atoms with Crippen molar-refractivity contribution in [3.05, 3.63) is 11.8 Å². The predicted molar refractivity (Wildman–Crippen MR) is 22.9 cm³/mol. The van der Waals surface area contributed by atoms with Crippen molar-refractivity contribution in [2.45, 2.75) is 0 Å². The molecule has 2 radical (unpaired) electrons. The smallest absolute Gasteiger partial charge is 0.171 e. The molecule has 0 fully saturated rings. The summed E-state index contributed by atoms with van der Waals surface area (Å²) in [6.07, 6.45) is 2.14. The summed E-state index contributed by atoms with van der Waals surface area (Å²) in [4.78, 5) is 3.14. The van der Waals surface area contributed by atoms with E-state index in [1.165, 1.54) is 0 Å². The first-order valence-electron chi connectivity index (χ1n) is 1.63. The van der Waals surface area contributed by atoms with Gasteiger partial charge in [-0.1, -0.05) is 11.8 Å². The molecule has 0 atom stereocenters. The minimum Gasteiger partial charge on any atom is -0.332 e.